The zero-order chi connectivity index (χ0) is 17.2. The number of nitro benzene ring substituents is 1. The molecule has 9 nitrogen and oxygen atoms in total. The number of hydrogen-bond acceptors (Lipinski definition) is 7. The summed E-state index contributed by atoms with van der Waals surface area (Å²) in [6.45, 7) is 0. The van der Waals surface area contributed by atoms with E-state index in [0.717, 1.165) is 4.68 Å². The van der Waals surface area contributed by atoms with Crippen LogP contribution in [0.2, 0.25) is 0 Å². The summed E-state index contributed by atoms with van der Waals surface area (Å²) in [6, 6.07) is 13.9. The molecular formula is C14H11N5O4S. The normalized spacial score (nSPS) is 11.3. The van der Waals surface area contributed by atoms with Gasteiger partial charge in [0.1, 0.15) is 0 Å². The van der Waals surface area contributed by atoms with Gasteiger partial charge in [0.05, 0.1) is 16.4 Å². The molecule has 3 rings (SSSR count). The maximum atomic E-state index is 12.6. The molecule has 0 saturated carbocycles. The molecule has 0 atom stereocenters. The van der Waals surface area contributed by atoms with Gasteiger partial charge in [0.2, 0.25) is 9.84 Å². The van der Waals surface area contributed by atoms with E-state index in [1.165, 1.54) is 24.3 Å². The standard InChI is InChI=1S/C14H11N5O4S/c20-19(21)13-8-6-11(7-9-13)10-24(22,23)14-15-16-17-18(14)12-4-2-1-3-5-12/h1-9H,10H2. The summed E-state index contributed by atoms with van der Waals surface area (Å²) in [5.41, 5.74) is 0.818. The van der Waals surface area contributed by atoms with E-state index in [2.05, 4.69) is 15.5 Å². The molecule has 3 aromatic rings. The topological polar surface area (TPSA) is 121 Å². The van der Waals surface area contributed by atoms with Crippen LogP contribution in [0.4, 0.5) is 5.69 Å². The minimum Gasteiger partial charge on any atom is -0.258 e. The minimum absolute atomic E-state index is 0.106. The molecular weight excluding hydrogens is 334 g/mol. The molecule has 10 heteroatoms. The lowest BCUT2D eigenvalue weighted by molar-refractivity contribution is -0.384. The fourth-order valence-electron chi connectivity index (χ4n) is 2.10. The van der Waals surface area contributed by atoms with Gasteiger partial charge in [-0.1, -0.05) is 35.4 Å². The second-order valence-electron chi connectivity index (χ2n) is 4.89. The van der Waals surface area contributed by atoms with Crippen LogP contribution in [0.15, 0.2) is 59.8 Å². The summed E-state index contributed by atoms with van der Waals surface area (Å²) in [4.78, 5) is 10.1. The molecule has 0 radical (unpaired) electrons. The highest BCUT2D eigenvalue weighted by Crippen LogP contribution is 2.19. The lowest BCUT2D eigenvalue weighted by Gasteiger charge is -2.05. The summed E-state index contributed by atoms with van der Waals surface area (Å²) in [5.74, 6) is -0.363. The summed E-state index contributed by atoms with van der Waals surface area (Å²) < 4.78 is 26.3. The molecule has 0 fully saturated rings. The molecule has 0 N–H and O–H groups in total. The monoisotopic (exact) mass is 345 g/mol. The number of aromatic nitrogens is 4. The Kier molecular flexibility index (Phi) is 4.04. The lowest BCUT2D eigenvalue weighted by Crippen LogP contribution is -2.13. The van der Waals surface area contributed by atoms with Crippen molar-refractivity contribution in [2.45, 2.75) is 10.9 Å². The van der Waals surface area contributed by atoms with Crippen molar-refractivity contribution in [3.8, 4) is 5.69 Å². The molecule has 24 heavy (non-hydrogen) atoms. The van der Waals surface area contributed by atoms with Crippen LogP contribution in [-0.2, 0) is 15.6 Å². The Labute approximate surface area is 136 Å². The van der Waals surface area contributed by atoms with Crippen LogP contribution in [-0.4, -0.2) is 33.5 Å². The maximum absolute atomic E-state index is 12.6. The van der Waals surface area contributed by atoms with Crippen molar-refractivity contribution >= 4 is 15.5 Å². The number of non-ortho nitro benzene ring substituents is 1. The molecule has 0 aliphatic heterocycles. The number of rotatable bonds is 5. The summed E-state index contributed by atoms with van der Waals surface area (Å²) >= 11 is 0. The van der Waals surface area contributed by atoms with E-state index in [0.29, 0.717) is 11.3 Å². The van der Waals surface area contributed by atoms with Crippen LogP contribution in [0.5, 0.6) is 0 Å². The van der Waals surface area contributed by atoms with Gasteiger partial charge in [0.15, 0.2) is 0 Å². The third-order valence-corrected chi connectivity index (χ3v) is 4.75. The van der Waals surface area contributed by atoms with Crippen molar-refractivity contribution in [1.29, 1.82) is 0 Å². The van der Waals surface area contributed by atoms with Gasteiger partial charge in [0.25, 0.3) is 10.8 Å². The molecule has 0 saturated heterocycles. The van der Waals surface area contributed by atoms with Crippen molar-refractivity contribution in [3.05, 3.63) is 70.3 Å². The summed E-state index contributed by atoms with van der Waals surface area (Å²) in [5, 5.41) is 21.1. The average Bonchev–Trinajstić information content (AvgIpc) is 3.06. The van der Waals surface area contributed by atoms with E-state index in [1.54, 1.807) is 30.3 Å². The number of benzene rings is 2. The maximum Gasteiger partial charge on any atom is 0.272 e. The molecule has 0 aliphatic rings. The van der Waals surface area contributed by atoms with E-state index in [-0.39, 0.29) is 16.6 Å². The highest BCUT2D eigenvalue weighted by Gasteiger charge is 2.24. The fraction of sp³-hybridized carbons (Fsp3) is 0.0714. The van der Waals surface area contributed by atoms with Crippen LogP contribution in [0.25, 0.3) is 5.69 Å². The highest BCUT2D eigenvalue weighted by molar-refractivity contribution is 7.90. The van der Waals surface area contributed by atoms with E-state index < -0.39 is 14.8 Å². The zero-order valence-electron chi connectivity index (χ0n) is 12.2. The average molecular weight is 345 g/mol. The van der Waals surface area contributed by atoms with Gasteiger partial charge in [-0.25, -0.2) is 8.42 Å². The Bertz CT molecular complexity index is 968. The number of nitrogens with zero attached hydrogens (tertiary/aromatic N) is 5. The second kappa shape index (κ2) is 6.16. The molecule has 2 aromatic carbocycles. The first-order chi connectivity index (χ1) is 11.5. The molecule has 0 amide bonds. The highest BCUT2D eigenvalue weighted by atomic mass is 32.2. The van der Waals surface area contributed by atoms with E-state index >= 15 is 0 Å². The van der Waals surface area contributed by atoms with Crippen LogP contribution >= 0.6 is 0 Å². The van der Waals surface area contributed by atoms with Gasteiger partial charge in [-0.3, -0.25) is 10.1 Å². The molecule has 1 heterocycles. The Hall–Kier alpha value is -3.14. The van der Waals surface area contributed by atoms with Gasteiger partial charge in [0, 0.05) is 12.1 Å². The predicted octanol–water partition coefficient (Wildman–Crippen LogP) is 1.54. The van der Waals surface area contributed by atoms with Gasteiger partial charge in [-0.2, -0.15) is 4.68 Å². The number of sulfone groups is 1. The molecule has 0 bridgehead atoms. The Morgan fingerprint density at radius 3 is 2.33 bits per heavy atom. The Morgan fingerprint density at radius 1 is 1.04 bits per heavy atom. The van der Waals surface area contributed by atoms with E-state index in [1.807, 2.05) is 0 Å². The van der Waals surface area contributed by atoms with Crippen LogP contribution < -0.4 is 0 Å². The fourth-order valence-corrected chi connectivity index (χ4v) is 3.43. The van der Waals surface area contributed by atoms with Crippen molar-refractivity contribution in [3.63, 3.8) is 0 Å². The first kappa shape index (κ1) is 15.7. The molecule has 0 unspecified atom stereocenters. The first-order valence-electron chi connectivity index (χ1n) is 6.77. The van der Waals surface area contributed by atoms with Gasteiger partial charge in [-0.05, 0) is 28.1 Å². The number of para-hydroxylation sites is 1. The lowest BCUT2D eigenvalue weighted by atomic mass is 10.2. The SMILES string of the molecule is O=[N+]([O-])c1ccc(CS(=O)(=O)c2nnnn2-c2ccccc2)cc1. The second-order valence-corrected chi connectivity index (χ2v) is 6.77. The molecule has 0 aliphatic carbocycles. The summed E-state index contributed by atoms with van der Waals surface area (Å²) in [7, 11) is -3.82. The van der Waals surface area contributed by atoms with Crippen LogP contribution in [0.1, 0.15) is 5.56 Å². The van der Waals surface area contributed by atoms with E-state index in [4.69, 9.17) is 0 Å². The largest absolute Gasteiger partial charge is 0.272 e. The smallest absolute Gasteiger partial charge is 0.258 e. The summed E-state index contributed by atoms with van der Waals surface area (Å²) in [6.07, 6.45) is 0. The number of tetrazole rings is 1. The third-order valence-electron chi connectivity index (χ3n) is 3.22. The van der Waals surface area contributed by atoms with Crippen molar-refractivity contribution in [2.75, 3.05) is 0 Å². The molecule has 122 valence electrons. The molecule has 1 aromatic heterocycles. The molecule has 0 spiro atoms. The first-order valence-corrected chi connectivity index (χ1v) is 8.42. The van der Waals surface area contributed by atoms with Crippen molar-refractivity contribution in [2.24, 2.45) is 0 Å². The Balaban J connectivity index is 1.92. The van der Waals surface area contributed by atoms with Crippen molar-refractivity contribution in [1.82, 2.24) is 20.2 Å². The number of hydrogen-bond donors (Lipinski definition) is 0. The van der Waals surface area contributed by atoms with E-state index in [9.17, 15) is 18.5 Å². The minimum atomic E-state index is -3.82. The van der Waals surface area contributed by atoms with Crippen LogP contribution in [0, 0.1) is 10.1 Å². The number of nitro groups is 1. The van der Waals surface area contributed by atoms with Gasteiger partial charge >= 0.3 is 0 Å². The predicted molar refractivity (Wildman–Crippen MR) is 83.1 cm³/mol. The quantitative estimate of drug-likeness (QED) is 0.508. The van der Waals surface area contributed by atoms with Gasteiger partial charge < -0.3 is 0 Å². The van der Waals surface area contributed by atoms with Crippen LogP contribution in [0.3, 0.4) is 0 Å². The van der Waals surface area contributed by atoms with Gasteiger partial charge in [-0.15, -0.1) is 0 Å². The van der Waals surface area contributed by atoms with Crippen molar-refractivity contribution < 1.29 is 13.3 Å². The Morgan fingerprint density at radius 2 is 1.71 bits per heavy atom. The third kappa shape index (κ3) is 3.13. The zero-order valence-corrected chi connectivity index (χ0v) is 13.0.